The molecular formula is C19H21N5O. The van der Waals surface area contributed by atoms with E-state index in [1.165, 1.54) is 0 Å². The quantitative estimate of drug-likeness (QED) is 0.714. The number of hydrogen-bond donors (Lipinski definition) is 0. The Bertz CT molecular complexity index is 782. The van der Waals surface area contributed by atoms with E-state index in [9.17, 15) is 0 Å². The number of anilines is 1. The normalized spacial score (nSPS) is 15.4. The van der Waals surface area contributed by atoms with Gasteiger partial charge in [0.2, 0.25) is 11.7 Å². The second-order valence-corrected chi connectivity index (χ2v) is 6.14. The van der Waals surface area contributed by atoms with Crippen molar-refractivity contribution in [3.8, 4) is 11.4 Å². The number of pyridine rings is 1. The molecule has 0 bridgehead atoms. The van der Waals surface area contributed by atoms with Gasteiger partial charge in [0.25, 0.3) is 0 Å². The molecular weight excluding hydrogens is 314 g/mol. The predicted molar refractivity (Wildman–Crippen MR) is 96.3 cm³/mol. The highest BCUT2D eigenvalue weighted by Gasteiger charge is 2.18. The summed E-state index contributed by atoms with van der Waals surface area (Å²) in [6.45, 7) is 4.98. The summed E-state index contributed by atoms with van der Waals surface area (Å²) < 4.78 is 5.39. The van der Waals surface area contributed by atoms with E-state index in [1.54, 1.807) is 0 Å². The van der Waals surface area contributed by atoms with Crippen LogP contribution in [0.1, 0.15) is 5.89 Å². The monoisotopic (exact) mass is 335 g/mol. The Hall–Kier alpha value is -2.73. The topological polar surface area (TPSA) is 58.3 Å². The van der Waals surface area contributed by atoms with Crippen molar-refractivity contribution in [1.29, 1.82) is 0 Å². The number of piperazine rings is 1. The smallest absolute Gasteiger partial charge is 0.228 e. The van der Waals surface area contributed by atoms with Gasteiger partial charge >= 0.3 is 0 Å². The van der Waals surface area contributed by atoms with E-state index in [4.69, 9.17) is 4.52 Å². The number of benzene rings is 1. The van der Waals surface area contributed by atoms with E-state index < -0.39 is 0 Å². The van der Waals surface area contributed by atoms with Crippen molar-refractivity contribution >= 4 is 5.82 Å². The van der Waals surface area contributed by atoms with Gasteiger partial charge in [-0.15, -0.1) is 0 Å². The van der Waals surface area contributed by atoms with Crippen LogP contribution in [0.3, 0.4) is 0 Å². The lowest BCUT2D eigenvalue weighted by Crippen LogP contribution is -2.47. The van der Waals surface area contributed by atoms with Crippen molar-refractivity contribution < 1.29 is 4.52 Å². The van der Waals surface area contributed by atoms with Gasteiger partial charge in [0.15, 0.2) is 0 Å². The van der Waals surface area contributed by atoms with Crippen LogP contribution in [0.2, 0.25) is 0 Å². The maximum absolute atomic E-state index is 5.39. The van der Waals surface area contributed by atoms with Gasteiger partial charge in [-0.05, 0) is 12.1 Å². The van der Waals surface area contributed by atoms with E-state index >= 15 is 0 Å². The molecule has 1 aliphatic heterocycles. The highest BCUT2D eigenvalue weighted by molar-refractivity contribution is 5.53. The van der Waals surface area contributed by atoms with E-state index in [-0.39, 0.29) is 0 Å². The van der Waals surface area contributed by atoms with Crippen molar-refractivity contribution in [1.82, 2.24) is 20.0 Å². The first kappa shape index (κ1) is 15.8. The molecule has 3 aromatic rings. The predicted octanol–water partition coefficient (Wildman–Crippen LogP) is 2.50. The number of aromatic nitrogens is 3. The Morgan fingerprint density at radius 3 is 2.48 bits per heavy atom. The Balaban J connectivity index is 1.28. The average molecular weight is 335 g/mol. The Morgan fingerprint density at radius 1 is 0.920 bits per heavy atom. The molecule has 0 N–H and O–H groups in total. The summed E-state index contributed by atoms with van der Waals surface area (Å²) in [6.07, 6.45) is 2.63. The van der Waals surface area contributed by atoms with Crippen LogP contribution >= 0.6 is 0 Å². The van der Waals surface area contributed by atoms with Gasteiger partial charge in [-0.2, -0.15) is 4.98 Å². The summed E-state index contributed by atoms with van der Waals surface area (Å²) in [5.41, 5.74) is 0.987. The summed E-state index contributed by atoms with van der Waals surface area (Å²) in [4.78, 5) is 13.7. The average Bonchev–Trinajstić information content (AvgIpc) is 3.17. The van der Waals surface area contributed by atoms with Gasteiger partial charge in [0.1, 0.15) is 5.82 Å². The molecule has 6 heteroatoms. The minimum absolute atomic E-state index is 0.663. The van der Waals surface area contributed by atoms with Crippen LogP contribution in [-0.2, 0) is 6.42 Å². The molecule has 0 radical (unpaired) electrons. The molecule has 1 aliphatic rings. The first-order valence-corrected chi connectivity index (χ1v) is 8.65. The highest BCUT2D eigenvalue weighted by Crippen LogP contribution is 2.16. The highest BCUT2D eigenvalue weighted by atomic mass is 16.5. The number of nitrogens with zero attached hydrogens (tertiary/aromatic N) is 5. The van der Waals surface area contributed by atoms with Crippen LogP contribution in [0.5, 0.6) is 0 Å². The number of rotatable bonds is 5. The molecule has 4 rings (SSSR count). The minimum atomic E-state index is 0.663. The Kier molecular flexibility index (Phi) is 4.70. The molecule has 0 atom stereocenters. The first-order chi connectivity index (χ1) is 12.4. The lowest BCUT2D eigenvalue weighted by Gasteiger charge is -2.35. The van der Waals surface area contributed by atoms with Crippen molar-refractivity contribution in [2.75, 3.05) is 37.6 Å². The molecule has 0 aliphatic carbocycles. The summed E-state index contributed by atoms with van der Waals surface area (Å²) in [7, 11) is 0. The van der Waals surface area contributed by atoms with Crippen molar-refractivity contribution in [3.05, 3.63) is 60.6 Å². The lowest BCUT2D eigenvalue weighted by atomic mass is 10.2. The summed E-state index contributed by atoms with van der Waals surface area (Å²) in [6, 6.07) is 16.0. The fourth-order valence-electron chi connectivity index (χ4n) is 3.06. The Morgan fingerprint density at radius 2 is 1.72 bits per heavy atom. The number of hydrogen-bond acceptors (Lipinski definition) is 6. The molecule has 3 heterocycles. The van der Waals surface area contributed by atoms with Crippen LogP contribution in [0.4, 0.5) is 5.82 Å². The van der Waals surface area contributed by atoms with Crippen molar-refractivity contribution in [3.63, 3.8) is 0 Å². The molecule has 0 amide bonds. The molecule has 25 heavy (non-hydrogen) atoms. The van der Waals surface area contributed by atoms with E-state index in [1.807, 2.05) is 48.7 Å². The van der Waals surface area contributed by atoms with Crippen LogP contribution in [0.15, 0.2) is 59.3 Å². The van der Waals surface area contributed by atoms with Gasteiger partial charge in [0.05, 0.1) is 0 Å². The second kappa shape index (κ2) is 7.44. The van der Waals surface area contributed by atoms with Crippen LogP contribution in [0, 0.1) is 0 Å². The maximum Gasteiger partial charge on any atom is 0.228 e. The molecule has 0 spiro atoms. The summed E-state index contributed by atoms with van der Waals surface area (Å²) in [5.74, 6) is 2.42. The van der Waals surface area contributed by atoms with Gasteiger partial charge in [0, 0.05) is 50.9 Å². The third kappa shape index (κ3) is 3.85. The van der Waals surface area contributed by atoms with E-state index in [2.05, 4.69) is 31.0 Å². The van der Waals surface area contributed by atoms with Crippen LogP contribution in [0.25, 0.3) is 11.4 Å². The zero-order chi connectivity index (χ0) is 16.9. The van der Waals surface area contributed by atoms with Gasteiger partial charge in [-0.25, -0.2) is 4.98 Å². The van der Waals surface area contributed by atoms with Crippen molar-refractivity contribution in [2.45, 2.75) is 6.42 Å². The molecule has 0 saturated carbocycles. The second-order valence-electron chi connectivity index (χ2n) is 6.14. The van der Waals surface area contributed by atoms with Crippen LogP contribution < -0.4 is 4.90 Å². The minimum Gasteiger partial charge on any atom is -0.354 e. The molecule has 1 saturated heterocycles. The van der Waals surface area contributed by atoms with Gasteiger partial charge in [-0.1, -0.05) is 41.6 Å². The summed E-state index contributed by atoms with van der Waals surface area (Å²) in [5, 5.41) is 4.08. The molecule has 1 fully saturated rings. The molecule has 6 nitrogen and oxygen atoms in total. The van der Waals surface area contributed by atoms with Gasteiger partial charge in [-0.3, -0.25) is 4.90 Å². The zero-order valence-corrected chi connectivity index (χ0v) is 14.1. The third-order valence-corrected chi connectivity index (χ3v) is 4.49. The van der Waals surface area contributed by atoms with Crippen molar-refractivity contribution in [2.24, 2.45) is 0 Å². The molecule has 0 unspecified atom stereocenters. The fraction of sp³-hybridized carbons (Fsp3) is 0.316. The van der Waals surface area contributed by atoms with Gasteiger partial charge < -0.3 is 9.42 Å². The lowest BCUT2D eigenvalue weighted by molar-refractivity contribution is 0.248. The molecule has 128 valence electrons. The van der Waals surface area contributed by atoms with E-state index in [0.29, 0.717) is 11.7 Å². The largest absolute Gasteiger partial charge is 0.354 e. The first-order valence-electron chi connectivity index (χ1n) is 8.65. The Labute approximate surface area is 147 Å². The standard InChI is InChI=1S/C19H21N5O/c1-2-6-16(7-3-1)19-21-18(25-22-19)9-11-23-12-14-24(15-13-23)17-8-4-5-10-20-17/h1-8,10H,9,11-15H2. The molecule has 2 aromatic heterocycles. The fourth-order valence-corrected chi connectivity index (χ4v) is 3.06. The SMILES string of the molecule is c1ccc(-c2noc(CCN3CCN(c4ccccn4)CC3)n2)cc1. The third-order valence-electron chi connectivity index (χ3n) is 4.49. The zero-order valence-electron chi connectivity index (χ0n) is 14.1. The summed E-state index contributed by atoms with van der Waals surface area (Å²) >= 11 is 0. The maximum atomic E-state index is 5.39. The van der Waals surface area contributed by atoms with E-state index in [0.717, 1.165) is 50.5 Å². The molecule has 1 aromatic carbocycles. The van der Waals surface area contributed by atoms with Crippen LogP contribution in [-0.4, -0.2) is 52.7 Å².